The van der Waals surface area contributed by atoms with Gasteiger partial charge in [-0.2, -0.15) is 0 Å². The van der Waals surface area contributed by atoms with E-state index in [0.717, 1.165) is 0 Å². The molecule has 0 aromatic heterocycles. The highest BCUT2D eigenvalue weighted by Crippen LogP contribution is 2.01. The van der Waals surface area contributed by atoms with E-state index in [-0.39, 0.29) is 13.0 Å². The van der Waals surface area contributed by atoms with Gasteiger partial charge in [-0.1, -0.05) is 0 Å². The SMILES string of the molecule is NCCC(CF)C(=O)O. The molecule has 0 amide bonds. The van der Waals surface area contributed by atoms with Crippen molar-refractivity contribution in [1.29, 1.82) is 0 Å². The molecule has 54 valence electrons. The van der Waals surface area contributed by atoms with Crippen LogP contribution in [0.15, 0.2) is 0 Å². The van der Waals surface area contributed by atoms with E-state index in [9.17, 15) is 9.18 Å². The van der Waals surface area contributed by atoms with Gasteiger partial charge in [0, 0.05) is 0 Å². The summed E-state index contributed by atoms with van der Waals surface area (Å²) >= 11 is 0. The first kappa shape index (κ1) is 8.36. The van der Waals surface area contributed by atoms with Gasteiger partial charge in [-0.05, 0) is 13.0 Å². The van der Waals surface area contributed by atoms with Crippen LogP contribution in [0, 0.1) is 5.92 Å². The highest BCUT2D eigenvalue weighted by molar-refractivity contribution is 5.70. The lowest BCUT2D eigenvalue weighted by Crippen LogP contribution is -2.19. The zero-order valence-corrected chi connectivity index (χ0v) is 5.01. The van der Waals surface area contributed by atoms with E-state index in [1.54, 1.807) is 0 Å². The summed E-state index contributed by atoms with van der Waals surface area (Å²) in [6.07, 6.45) is 0.214. The molecule has 3 nitrogen and oxygen atoms in total. The van der Waals surface area contributed by atoms with E-state index >= 15 is 0 Å². The maximum Gasteiger partial charge on any atom is 0.309 e. The predicted molar refractivity (Wildman–Crippen MR) is 30.8 cm³/mol. The van der Waals surface area contributed by atoms with Crippen molar-refractivity contribution in [3.63, 3.8) is 0 Å². The number of carboxylic acids is 1. The Labute approximate surface area is 52.7 Å². The molecule has 0 aliphatic heterocycles. The van der Waals surface area contributed by atoms with Crippen molar-refractivity contribution in [3.8, 4) is 0 Å². The molecular formula is C5H10FNO2. The number of hydrogen-bond acceptors (Lipinski definition) is 2. The molecule has 0 radical (unpaired) electrons. The lowest BCUT2D eigenvalue weighted by molar-refractivity contribution is -0.142. The van der Waals surface area contributed by atoms with E-state index in [1.165, 1.54) is 0 Å². The van der Waals surface area contributed by atoms with Gasteiger partial charge in [0.1, 0.15) is 6.67 Å². The lowest BCUT2D eigenvalue weighted by atomic mass is 10.1. The first-order valence-corrected chi connectivity index (χ1v) is 2.71. The number of alkyl halides is 1. The molecule has 0 saturated heterocycles. The van der Waals surface area contributed by atoms with Crippen molar-refractivity contribution < 1.29 is 14.3 Å². The molecule has 4 heteroatoms. The van der Waals surface area contributed by atoms with Crippen molar-refractivity contribution in [2.75, 3.05) is 13.2 Å². The summed E-state index contributed by atoms with van der Waals surface area (Å²) in [5.74, 6) is -2.02. The molecule has 1 atom stereocenters. The second kappa shape index (κ2) is 4.26. The van der Waals surface area contributed by atoms with Gasteiger partial charge in [0.25, 0.3) is 0 Å². The Bertz CT molecular complexity index is 97.0. The largest absolute Gasteiger partial charge is 0.481 e. The molecule has 0 aliphatic rings. The van der Waals surface area contributed by atoms with E-state index < -0.39 is 18.6 Å². The number of halogens is 1. The van der Waals surface area contributed by atoms with Gasteiger partial charge in [0.2, 0.25) is 0 Å². The van der Waals surface area contributed by atoms with E-state index in [2.05, 4.69) is 0 Å². The highest BCUT2D eigenvalue weighted by atomic mass is 19.1. The summed E-state index contributed by atoms with van der Waals surface area (Å²) in [7, 11) is 0. The quantitative estimate of drug-likeness (QED) is 0.570. The minimum absolute atomic E-state index is 0.214. The van der Waals surface area contributed by atoms with Crippen molar-refractivity contribution in [2.24, 2.45) is 11.7 Å². The van der Waals surface area contributed by atoms with Crippen molar-refractivity contribution in [1.82, 2.24) is 0 Å². The Balaban J connectivity index is 3.54. The summed E-state index contributed by atoms with van der Waals surface area (Å²) in [5.41, 5.74) is 5.01. The Morgan fingerprint density at radius 2 is 2.33 bits per heavy atom. The average Bonchev–Trinajstić information content (AvgIpc) is 1.82. The molecule has 0 fully saturated rings. The van der Waals surface area contributed by atoms with Gasteiger partial charge in [-0.15, -0.1) is 0 Å². The highest BCUT2D eigenvalue weighted by Gasteiger charge is 2.14. The monoisotopic (exact) mass is 135 g/mol. The number of rotatable bonds is 4. The van der Waals surface area contributed by atoms with Crippen LogP contribution in [0.3, 0.4) is 0 Å². The van der Waals surface area contributed by atoms with Crippen LogP contribution in [0.5, 0.6) is 0 Å². The van der Waals surface area contributed by atoms with Crippen LogP contribution in [-0.2, 0) is 4.79 Å². The number of carboxylic acid groups (broad SMARTS) is 1. The minimum Gasteiger partial charge on any atom is -0.481 e. The molecule has 0 aromatic rings. The maximum absolute atomic E-state index is 11.7. The van der Waals surface area contributed by atoms with Crippen LogP contribution in [0.2, 0.25) is 0 Å². The van der Waals surface area contributed by atoms with Gasteiger partial charge in [0.05, 0.1) is 5.92 Å². The third kappa shape index (κ3) is 3.03. The molecule has 0 rings (SSSR count). The third-order valence-electron chi connectivity index (χ3n) is 1.05. The van der Waals surface area contributed by atoms with Crippen LogP contribution in [0.25, 0.3) is 0 Å². The van der Waals surface area contributed by atoms with Gasteiger partial charge < -0.3 is 10.8 Å². The smallest absolute Gasteiger partial charge is 0.309 e. The first-order valence-electron chi connectivity index (χ1n) is 2.71. The minimum atomic E-state index is -1.11. The van der Waals surface area contributed by atoms with Crippen molar-refractivity contribution >= 4 is 5.97 Å². The summed E-state index contributed by atoms with van der Waals surface area (Å²) in [5, 5.41) is 8.21. The van der Waals surface area contributed by atoms with Crippen LogP contribution >= 0.6 is 0 Å². The standard InChI is InChI=1S/C5H10FNO2/c6-3-4(1-2-7)5(8)9/h4H,1-3,7H2,(H,8,9). The summed E-state index contributed by atoms with van der Waals surface area (Å²) in [6, 6.07) is 0. The Morgan fingerprint density at radius 1 is 1.78 bits per heavy atom. The lowest BCUT2D eigenvalue weighted by Gasteiger charge is -2.03. The number of hydrogen-bond donors (Lipinski definition) is 2. The van der Waals surface area contributed by atoms with Crippen molar-refractivity contribution in [3.05, 3.63) is 0 Å². The molecule has 0 spiro atoms. The maximum atomic E-state index is 11.7. The fraction of sp³-hybridized carbons (Fsp3) is 0.800. The van der Waals surface area contributed by atoms with Crippen LogP contribution in [-0.4, -0.2) is 24.3 Å². The Kier molecular flexibility index (Phi) is 3.96. The zero-order chi connectivity index (χ0) is 7.28. The molecule has 1 unspecified atom stereocenters. The molecule has 0 bridgehead atoms. The topological polar surface area (TPSA) is 63.3 Å². The van der Waals surface area contributed by atoms with Crippen molar-refractivity contribution in [2.45, 2.75) is 6.42 Å². The zero-order valence-electron chi connectivity index (χ0n) is 5.01. The Hall–Kier alpha value is -0.640. The molecular weight excluding hydrogens is 125 g/mol. The van der Waals surface area contributed by atoms with Gasteiger partial charge >= 0.3 is 5.97 Å². The molecule has 0 aromatic carbocycles. The second-order valence-electron chi connectivity index (χ2n) is 1.77. The summed E-state index contributed by atoms with van der Waals surface area (Å²) in [6.45, 7) is -0.604. The van der Waals surface area contributed by atoms with E-state index in [4.69, 9.17) is 10.8 Å². The first-order chi connectivity index (χ1) is 4.22. The van der Waals surface area contributed by atoms with Crippen LogP contribution in [0.4, 0.5) is 4.39 Å². The van der Waals surface area contributed by atoms with E-state index in [1.807, 2.05) is 0 Å². The fourth-order valence-electron chi connectivity index (χ4n) is 0.468. The molecule has 9 heavy (non-hydrogen) atoms. The van der Waals surface area contributed by atoms with Gasteiger partial charge in [-0.3, -0.25) is 9.18 Å². The average molecular weight is 135 g/mol. The summed E-state index contributed by atoms with van der Waals surface area (Å²) in [4.78, 5) is 10.0. The molecule has 0 saturated carbocycles. The second-order valence-corrected chi connectivity index (χ2v) is 1.77. The number of carbonyl (C=O) groups is 1. The molecule has 3 N–H and O–H groups in total. The molecule has 0 aliphatic carbocycles. The predicted octanol–water partition coefficient (Wildman–Crippen LogP) is 0.00550. The number of nitrogens with two attached hydrogens (primary N) is 1. The Morgan fingerprint density at radius 3 is 2.44 bits per heavy atom. The summed E-state index contributed by atoms with van der Waals surface area (Å²) < 4.78 is 11.7. The van der Waals surface area contributed by atoms with Crippen LogP contribution in [0.1, 0.15) is 6.42 Å². The van der Waals surface area contributed by atoms with Gasteiger partial charge in [-0.25, -0.2) is 0 Å². The fourth-order valence-corrected chi connectivity index (χ4v) is 0.468. The van der Waals surface area contributed by atoms with Crippen LogP contribution < -0.4 is 5.73 Å². The molecule has 0 heterocycles. The normalized spacial score (nSPS) is 13.1. The number of aliphatic carboxylic acids is 1. The third-order valence-corrected chi connectivity index (χ3v) is 1.05. The van der Waals surface area contributed by atoms with E-state index in [0.29, 0.717) is 0 Å². The van der Waals surface area contributed by atoms with Gasteiger partial charge in [0.15, 0.2) is 0 Å².